The van der Waals surface area contributed by atoms with Crippen LogP contribution in [0.4, 0.5) is 5.69 Å². The van der Waals surface area contributed by atoms with Gasteiger partial charge in [0.2, 0.25) is 5.91 Å². The van der Waals surface area contributed by atoms with E-state index in [0.717, 1.165) is 9.04 Å². The first-order chi connectivity index (χ1) is 18.4. The number of carbonyl (C=O) groups is 2. The number of fused-ring (bicyclic) bond motifs is 1. The van der Waals surface area contributed by atoms with Crippen LogP contribution in [0.25, 0.3) is 16.6 Å². The van der Waals surface area contributed by atoms with Gasteiger partial charge in [-0.05, 0) is 66.7 Å². The van der Waals surface area contributed by atoms with Crippen LogP contribution < -0.4 is 21.9 Å². The first kappa shape index (κ1) is 25.0. The van der Waals surface area contributed by atoms with Crippen LogP contribution in [-0.2, 0) is 17.9 Å². The average Bonchev–Trinajstić information content (AvgIpc) is 3.45. The van der Waals surface area contributed by atoms with Gasteiger partial charge in [0, 0.05) is 15.7 Å². The van der Waals surface area contributed by atoms with Gasteiger partial charge >= 0.3 is 5.69 Å². The summed E-state index contributed by atoms with van der Waals surface area (Å²) in [7, 11) is 0. The van der Waals surface area contributed by atoms with Gasteiger partial charge in [0.1, 0.15) is 12.3 Å². The van der Waals surface area contributed by atoms with Crippen LogP contribution in [0.3, 0.4) is 0 Å². The summed E-state index contributed by atoms with van der Waals surface area (Å²) in [4.78, 5) is 52.9. The molecule has 2 N–H and O–H groups in total. The molecular weight excluding hydrogens is 552 g/mol. The molecule has 5 aromatic rings. The highest BCUT2D eigenvalue weighted by atomic mass is 79.9. The number of rotatable bonds is 7. The summed E-state index contributed by atoms with van der Waals surface area (Å²) >= 11 is 3.35. The molecule has 10 heteroatoms. The minimum absolute atomic E-state index is 0.169. The van der Waals surface area contributed by atoms with E-state index in [0.29, 0.717) is 17.1 Å². The second-order valence-electron chi connectivity index (χ2n) is 8.39. The molecule has 0 aliphatic carbocycles. The number of hydrogen-bond donors (Lipinski definition) is 2. The number of aromatic nitrogens is 2. The predicted molar refractivity (Wildman–Crippen MR) is 146 cm³/mol. The third-order valence-electron chi connectivity index (χ3n) is 5.85. The number of nitrogens with zero attached hydrogens (tertiary/aromatic N) is 2. The van der Waals surface area contributed by atoms with E-state index in [1.807, 2.05) is 0 Å². The van der Waals surface area contributed by atoms with Crippen LogP contribution in [-0.4, -0.2) is 20.9 Å². The van der Waals surface area contributed by atoms with Gasteiger partial charge in [-0.2, -0.15) is 0 Å². The highest BCUT2D eigenvalue weighted by molar-refractivity contribution is 9.10. The molecular formula is C28H21BrN4O5. The minimum Gasteiger partial charge on any atom is -0.467 e. The summed E-state index contributed by atoms with van der Waals surface area (Å²) in [5, 5.41) is 5.69. The molecule has 0 radical (unpaired) electrons. The molecule has 0 aliphatic heterocycles. The van der Waals surface area contributed by atoms with Crippen molar-refractivity contribution in [3.63, 3.8) is 0 Å². The fourth-order valence-corrected chi connectivity index (χ4v) is 4.29. The van der Waals surface area contributed by atoms with E-state index in [-0.39, 0.29) is 29.6 Å². The van der Waals surface area contributed by atoms with E-state index in [2.05, 4.69) is 26.6 Å². The van der Waals surface area contributed by atoms with Crippen LogP contribution in [0.1, 0.15) is 16.1 Å². The van der Waals surface area contributed by atoms with Gasteiger partial charge in [0.15, 0.2) is 0 Å². The zero-order valence-corrected chi connectivity index (χ0v) is 21.5. The summed E-state index contributed by atoms with van der Waals surface area (Å²) in [5.41, 5.74) is 0.0546. The van der Waals surface area contributed by atoms with Gasteiger partial charge < -0.3 is 15.1 Å². The van der Waals surface area contributed by atoms with Gasteiger partial charge in [-0.15, -0.1) is 0 Å². The smallest absolute Gasteiger partial charge is 0.336 e. The van der Waals surface area contributed by atoms with E-state index >= 15 is 0 Å². The fraction of sp³-hybridized carbons (Fsp3) is 0.0714. The number of amides is 2. The Labute approximate surface area is 224 Å². The molecule has 0 spiro atoms. The van der Waals surface area contributed by atoms with Gasteiger partial charge in [-0.3, -0.25) is 19.0 Å². The van der Waals surface area contributed by atoms with Gasteiger partial charge in [-0.1, -0.05) is 34.1 Å². The molecule has 0 atom stereocenters. The Hall–Kier alpha value is -4.70. The maximum Gasteiger partial charge on any atom is 0.336 e. The van der Waals surface area contributed by atoms with E-state index in [9.17, 15) is 19.2 Å². The Kier molecular flexibility index (Phi) is 7.05. The molecule has 38 heavy (non-hydrogen) atoms. The molecule has 190 valence electrons. The lowest BCUT2D eigenvalue weighted by atomic mass is 10.1. The van der Waals surface area contributed by atoms with Crippen LogP contribution in [0.15, 0.2) is 110 Å². The van der Waals surface area contributed by atoms with Gasteiger partial charge in [0.25, 0.3) is 11.5 Å². The normalized spacial score (nSPS) is 10.9. The van der Waals surface area contributed by atoms with E-state index < -0.39 is 23.1 Å². The first-order valence-corrected chi connectivity index (χ1v) is 12.4. The zero-order chi connectivity index (χ0) is 26.6. The van der Waals surface area contributed by atoms with Crippen LogP contribution in [0, 0.1) is 0 Å². The Balaban J connectivity index is 1.57. The van der Waals surface area contributed by atoms with Crippen molar-refractivity contribution in [1.82, 2.24) is 14.5 Å². The molecule has 0 bridgehead atoms. The lowest BCUT2D eigenvalue weighted by molar-refractivity contribution is -0.116. The number of halogens is 1. The van der Waals surface area contributed by atoms with Crippen molar-refractivity contribution in [3.05, 3.63) is 128 Å². The van der Waals surface area contributed by atoms with Crippen molar-refractivity contribution in [1.29, 1.82) is 0 Å². The lowest BCUT2D eigenvalue weighted by Crippen LogP contribution is -2.41. The molecule has 5 rings (SSSR count). The molecule has 0 aliphatic rings. The van der Waals surface area contributed by atoms with Crippen LogP contribution in [0.2, 0.25) is 0 Å². The SMILES string of the molecule is O=C(Cn1c(=O)n(-c2ccccc2)c(=O)c2ccc(C(=O)NCc3ccco3)cc21)Nc1ccc(Br)cc1. The third-order valence-corrected chi connectivity index (χ3v) is 6.38. The summed E-state index contributed by atoms with van der Waals surface area (Å²) in [6.45, 7) is -0.210. The second kappa shape index (κ2) is 10.7. The monoisotopic (exact) mass is 572 g/mol. The molecule has 9 nitrogen and oxygen atoms in total. The van der Waals surface area contributed by atoms with E-state index in [1.165, 1.54) is 29.0 Å². The molecule has 2 aromatic heterocycles. The number of anilines is 1. The van der Waals surface area contributed by atoms with Crippen molar-refractivity contribution >= 4 is 44.3 Å². The largest absolute Gasteiger partial charge is 0.467 e. The van der Waals surface area contributed by atoms with Crippen molar-refractivity contribution in [2.24, 2.45) is 0 Å². The lowest BCUT2D eigenvalue weighted by Gasteiger charge is -2.15. The highest BCUT2D eigenvalue weighted by Crippen LogP contribution is 2.16. The Morgan fingerprint density at radius 1 is 0.895 bits per heavy atom. The van der Waals surface area contributed by atoms with E-state index in [4.69, 9.17) is 4.42 Å². The van der Waals surface area contributed by atoms with Gasteiger partial charge in [0.05, 0.1) is 29.4 Å². The molecule has 2 heterocycles. The van der Waals surface area contributed by atoms with E-state index in [1.54, 1.807) is 66.7 Å². The second-order valence-corrected chi connectivity index (χ2v) is 9.31. The van der Waals surface area contributed by atoms with Crippen LogP contribution in [0.5, 0.6) is 0 Å². The Morgan fingerprint density at radius 2 is 1.66 bits per heavy atom. The number of furan rings is 1. The predicted octanol–water partition coefficient (Wildman–Crippen LogP) is 4.08. The Morgan fingerprint density at radius 3 is 2.37 bits per heavy atom. The van der Waals surface area contributed by atoms with Crippen molar-refractivity contribution < 1.29 is 14.0 Å². The summed E-state index contributed by atoms with van der Waals surface area (Å²) in [6, 6.07) is 23.3. The molecule has 0 saturated carbocycles. The number of para-hydroxylation sites is 1. The quantitative estimate of drug-likeness (QED) is 0.305. The number of nitrogens with one attached hydrogen (secondary N) is 2. The molecule has 2 amide bonds. The first-order valence-electron chi connectivity index (χ1n) is 11.6. The van der Waals surface area contributed by atoms with Gasteiger partial charge in [-0.25, -0.2) is 9.36 Å². The molecule has 0 fully saturated rings. The highest BCUT2D eigenvalue weighted by Gasteiger charge is 2.18. The molecule has 0 unspecified atom stereocenters. The third kappa shape index (κ3) is 5.21. The van der Waals surface area contributed by atoms with Crippen molar-refractivity contribution in [2.75, 3.05) is 5.32 Å². The maximum atomic E-state index is 13.6. The van der Waals surface area contributed by atoms with Crippen LogP contribution >= 0.6 is 15.9 Å². The number of benzene rings is 3. The van der Waals surface area contributed by atoms with Crippen molar-refractivity contribution in [3.8, 4) is 5.69 Å². The maximum absolute atomic E-state index is 13.6. The summed E-state index contributed by atoms with van der Waals surface area (Å²) in [5.74, 6) is -0.318. The summed E-state index contributed by atoms with van der Waals surface area (Å²) in [6.07, 6.45) is 1.51. The zero-order valence-electron chi connectivity index (χ0n) is 19.9. The molecule has 0 saturated heterocycles. The number of carbonyl (C=O) groups excluding carboxylic acids is 2. The molecule has 3 aromatic carbocycles. The fourth-order valence-electron chi connectivity index (χ4n) is 4.03. The Bertz CT molecular complexity index is 1740. The average molecular weight is 573 g/mol. The van der Waals surface area contributed by atoms with Crippen molar-refractivity contribution in [2.45, 2.75) is 13.1 Å². The number of hydrogen-bond acceptors (Lipinski definition) is 5. The summed E-state index contributed by atoms with van der Waals surface area (Å²) < 4.78 is 8.31. The topological polar surface area (TPSA) is 115 Å². The standard InChI is InChI=1S/C28H21BrN4O5/c29-19-9-11-20(12-10-19)31-25(34)17-32-24-15-18(26(35)30-16-22-7-4-14-38-22)8-13-23(24)27(36)33(28(32)37)21-5-2-1-3-6-21/h1-15H,16-17H2,(H,30,35)(H,31,34). The minimum atomic E-state index is -0.701.